The lowest BCUT2D eigenvalue weighted by Crippen LogP contribution is -2.33. The third kappa shape index (κ3) is 2.89. The molecular weight excluding hydrogens is 246 g/mol. The Labute approximate surface area is 114 Å². The monoisotopic (exact) mass is 267 g/mol. The van der Waals surface area contributed by atoms with Gasteiger partial charge in [-0.25, -0.2) is 0 Å². The normalized spacial score (nSPS) is 28.5. The van der Waals surface area contributed by atoms with Gasteiger partial charge in [0.2, 0.25) is 0 Å². The zero-order chi connectivity index (χ0) is 12.4. The van der Waals surface area contributed by atoms with Crippen LogP contribution in [0.3, 0.4) is 0 Å². The first-order valence-electron chi connectivity index (χ1n) is 7.20. The van der Waals surface area contributed by atoms with E-state index in [1.165, 1.54) is 44.2 Å². The standard InChI is InChI=1S/C14H22ClN3/c15-12-7-11(8-12)9-16-10-13-5-6-18(17-13)14-3-1-2-4-14/h5-6,11-12,14,16H,1-4,7-10H2. The molecule has 0 bridgehead atoms. The fraction of sp³-hybridized carbons (Fsp3) is 0.786. The Bertz CT molecular complexity index is 378. The summed E-state index contributed by atoms with van der Waals surface area (Å²) in [6.45, 7) is 1.97. The van der Waals surface area contributed by atoms with E-state index in [2.05, 4.69) is 27.4 Å². The molecule has 1 aromatic rings. The number of nitrogens with zero attached hydrogens (tertiary/aromatic N) is 2. The molecule has 1 aromatic heterocycles. The Morgan fingerprint density at radius 2 is 2.11 bits per heavy atom. The van der Waals surface area contributed by atoms with E-state index in [4.69, 9.17) is 11.6 Å². The SMILES string of the molecule is ClC1CC(CNCc2ccn(C3CCCC3)n2)C1. The van der Waals surface area contributed by atoms with Crippen LogP contribution in [0.1, 0.15) is 50.3 Å². The molecule has 0 aromatic carbocycles. The molecule has 1 N–H and O–H groups in total. The van der Waals surface area contributed by atoms with Crippen molar-refractivity contribution in [1.29, 1.82) is 0 Å². The van der Waals surface area contributed by atoms with Gasteiger partial charge in [-0.3, -0.25) is 4.68 Å². The Morgan fingerprint density at radius 3 is 2.83 bits per heavy atom. The minimum atomic E-state index is 0.429. The molecule has 18 heavy (non-hydrogen) atoms. The van der Waals surface area contributed by atoms with Crippen LogP contribution in [0.2, 0.25) is 0 Å². The first kappa shape index (κ1) is 12.5. The predicted octanol–water partition coefficient (Wildman–Crippen LogP) is 3.11. The maximum Gasteiger partial charge on any atom is 0.0762 e. The lowest BCUT2D eigenvalue weighted by Gasteiger charge is -2.30. The number of rotatable bonds is 5. The quantitative estimate of drug-likeness (QED) is 0.831. The van der Waals surface area contributed by atoms with E-state index < -0.39 is 0 Å². The molecule has 0 unspecified atom stereocenters. The second kappa shape index (κ2) is 5.62. The molecule has 0 atom stereocenters. The van der Waals surface area contributed by atoms with Crippen molar-refractivity contribution in [3.8, 4) is 0 Å². The van der Waals surface area contributed by atoms with Crippen LogP contribution in [-0.2, 0) is 6.54 Å². The summed E-state index contributed by atoms with van der Waals surface area (Å²) in [6.07, 6.45) is 9.81. The molecule has 2 saturated carbocycles. The molecule has 2 fully saturated rings. The Kier molecular flexibility index (Phi) is 3.90. The first-order chi connectivity index (χ1) is 8.81. The maximum atomic E-state index is 5.97. The van der Waals surface area contributed by atoms with Crippen molar-refractivity contribution in [3.05, 3.63) is 18.0 Å². The zero-order valence-electron chi connectivity index (χ0n) is 10.8. The molecule has 0 radical (unpaired) electrons. The fourth-order valence-corrected chi connectivity index (χ4v) is 3.57. The van der Waals surface area contributed by atoms with Gasteiger partial charge in [0.25, 0.3) is 0 Å². The highest BCUT2D eigenvalue weighted by molar-refractivity contribution is 6.21. The van der Waals surface area contributed by atoms with Crippen molar-refractivity contribution >= 4 is 11.6 Å². The van der Waals surface area contributed by atoms with Crippen molar-refractivity contribution in [1.82, 2.24) is 15.1 Å². The van der Waals surface area contributed by atoms with E-state index in [0.717, 1.165) is 19.0 Å². The summed E-state index contributed by atoms with van der Waals surface area (Å²) in [7, 11) is 0. The van der Waals surface area contributed by atoms with E-state index in [1.54, 1.807) is 0 Å². The number of halogens is 1. The minimum absolute atomic E-state index is 0.429. The van der Waals surface area contributed by atoms with Crippen molar-refractivity contribution < 1.29 is 0 Å². The van der Waals surface area contributed by atoms with Gasteiger partial charge in [0, 0.05) is 18.1 Å². The molecule has 100 valence electrons. The minimum Gasteiger partial charge on any atom is -0.311 e. The summed E-state index contributed by atoms with van der Waals surface area (Å²) in [5, 5.41) is 8.60. The highest BCUT2D eigenvalue weighted by Gasteiger charge is 2.26. The van der Waals surface area contributed by atoms with Gasteiger partial charge in [-0.1, -0.05) is 12.8 Å². The van der Waals surface area contributed by atoms with Gasteiger partial charge < -0.3 is 5.32 Å². The summed E-state index contributed by atoms with van der Waals surface area (Å²) in [6, 6.07) is 2.80. The van der Waals surface area contributed by atoms with Crippen LogP contribution < -0.4 is 5.32 Å². The van der Waals surface area contributed by atoms with Crippen LogP contribution in [0.4, 0.5) is 0 Å². The van der Waals surface area contributed by atoms with Gasteiger partial charge in [0.05, 0.1) is 11.7 Å². The van der Waals surface area contributed by atoms with Gasteiger partial charge in [-0.2, -0.15) is 5.10 Å². The van der Waals surface area contributed by atoms with E-state index in [9.17, 15) is 0 Å². The first-order valence-corrected chi connectivity index (χ1v) is 7.64. The van der Waals surface area contributed by atoms with Crippen LogP contribution in [0.25, 0.3) is 0 Å². The van der Waals surface area contributed by atoms with Gasteiger partial charge in [0.1, 0.15) is 0 Å². The summed E-state index contributed by atoms with van der Waals surface area (Å²) in [5.74, 6) is 0.782. The molecule has 0 aliphatic heterocycles. The Balaban J connectivity index is 1.42. The number of hydrogen-bond acceptors (Lipinski definition) is 2. The molecule has 2 aliphatic rings. The highest BCUT2D eigenvalue weighted by Crippen LogP contribution is 2.31. The zero-order valence-corrected chi connectivity index (χ0v) is 11.6. The maximum absolute atomic E-state index is 5.97. The molecule has 0 saturated heterocycles. The Hall–Kier alpha value is -0.540. The molecule has 1 heterocycles. The van der Waals surface area contributed by atoms with E-state index >= 15 is 0 Å². The van der Waals surface area contributed by atoms with Gasteiger partial charge in [0.15, 0.2) is 0 Å². The Morgan fingerprint density at radius 1 is 1.33 bits per heavy atom. The van der Waals surface area contributed by atoms with E-state index in [0.29, 0.717) is 11.4 Å². The summed E-state index contributed by atoms with van der Waals surface area (Å²) < 4.78 is 2.17. The lowest BCUT2D eigenvalue weighted by atomic mass is 9.85. The van der Waals surface area contributed by atoms with Crippen molar-refractivity contribution in [2.24, 2.45) is 5.92 Å². The second-order valence-electron chi connectivity index (χ2n) is 5.79. The molecule has 4 heteroatoms. The molecule has 0 amide bonds. The number of nitrogens with one attached hydrogen (secondary N) is 1. The molecular formula is C14H22ClN3. The third-order valence-electron chi connectivity index (χ3n) is 4.28. The van der Waals surface area contributed by atoms with Crippen LogP contribution in [0, 0.1) is 5.92 Å². The van der Waals surface area contributed by atoms with E-state index in [1.807, 2.05) is 0 Å². The molecule has 0 spiro atoms. The van der Waals surface area contributed by atoms with Crippen LogP contribution in [0.15, 0.2) is 12.3 Å². The fourth-order valence-electron chi connectivity index (χ4n) is 3.07. The van der Waals surface area contributed by atoms with Crippen molar-refractivity contribution in [2.45, 2.75) is 56.5 Å². The van der Waals surface area contributed by atoms with Crippen LogP contribution in [0.5, 0.6) is 0 Å². The summed E-state index contributed by atoms with van der Waals surface area (Å²) >= 11 is 5.97. The molecule has 3 nitrogen and oxygen atoms in total. The second-order valence-corrected chi connectivity index (χ2v) is 6.41. The predicted molar refractivity (Wildman–Crippen MR) is 73.8 cm³/mol. The van der Waals surface area contributed by atoms with Crippen LogP contribution >= 0.6 is 11.6 Å². The molecule has 2 aliphatic carbocycles. The average Bonchev–Trinajstić information content (AvgIpc) is 2.96. The highest BCUT2D eigenvalue weighted by atomic mass is 35.5. The van der Waals surface area contributed by atoms with Crippen molar-refractivity contribution in [2.75, 3.05) is 6.54 Å². The number of hydrogen-bond donors (Lipinski definition) is 1. The summed E-state index contributed by atoms with van der Waals surface area (Å²) in [5.41, 5.74) is 1.17. The van der Waals surface area contributed by atoms with Crippen LogP contribution in [-0.4, -0.2) is 21.7 Å². The lowest BCUT2D eigenvalue weighted by molar-refractivity contribution is 0.307. The largest absolute Gasteiger partial charge is 0.311 e. The average molecular weight is 268 g/mol. The van der Waals surface area contributed by atoms with Crippen molar-refractivity contribution in [3.63, 3.8) is 0 Å². The summed E-state index contributed by atoms with van der Waals surface area (Å²) in [4.78, 5) is 0. The topological polar surface area (TPSA) is 29.9 Å². The molecule has 3 rings (SSSR count). The van der Waals surface area contributed by atoms with Gasteiger partial charge in [-0.05, 0) is 44.2 Å². The smallest absolute Gasteiger partial charge is 0.0762 e. The third-order valence-corrected chi connectivity index (χ3v) is 4.64. The van der Waals surface area contributed by atoms with Gasteiger partial charge in [-0.15, -0.1) is 11.6 Å². The van der Waals surface area contributed by atoms with E-state index in [-0.39, 0.29) is 0 Å². The number of alkyl halides is 1. The number of aromatic nitrogens is 2. The van der Waals surface area contributed by atoms with Gasteiger partial charge >= 0.3 is 0 Å².